The van der Waals surface area contributed by atoms with E-state index in [2.05, 4.69) is 41.8 Å². The van der Waals surface area contributed by atoms with Gasteiger partial charge >= 0.3 is 0 Å². The van der Waals surface area contributed by atoms with Crippen molar-refractivity contribution in [2.24, 2.45) is 11.7 Å². The zero-order chi connectivity index (χ0) is 13.3. The lowest BCUT2D eigenvalue weighted by atomic mass is 9.66. The molecule has 1 atom stereocenters. The molecule has 0 radical (unpaired) electrons. The highest BCUT2D eigenvalue weighted by molar-refractivity contribution is 5.24. The Labute approximate surface area is 116 Å². The maximum atomic E-state index is 6.68. The second-order valence-corrected chi connectivity index (χ2v) is 6.13. The van der Waals surface area contributed by atoms with Crippen LogP contribution in [0.1, 0.15) is 37.3 Å². The highest BCUT2D eigenvalue weighted by Crippen LogP contribution is 2.48. The molecule has 19 heavy (non-hydrogen) atoms. The summed E-state index contributed by atoms with van der Waals surface area (Å²) in [6.45, 7) is 6.09. The van der Waals surface area contributed by atoms with Gasteiger partial charge in [0, 0.05) is 24.7 Å². The molecule has 3 fully saturated rings. The molecule has 2 nitrogen and oxygen atoms in total. The second-order valence-electron chi connectivity index (χ2n) is 6.13. The quantitative estimate of drug-likeness (QED) is 0.839. The zero-order valence-electron chi connectivity index (χ0n) is 11.6. The molecule has 2 bridgehead atoms. The fraction of sp³-hybridized carbons (Fsp3) is 0.529. The maximum absolute atomic E-state index is 6.68. The van der Waals surface area contributed by atoms with Gasteiger partial charge in [0.15, 0.2) is 0 Å². The lowest BCUT2D eigenvalue weighted by molar-refractivity contribution is -0.0440. The van der Waals surface area contributed by atoms with E-state index in [0.717, 1.165) is 12.5 Å². The van der Waals surface area contributed by atoms with Gasteiger partial charge in [-0.05, 0) is 37.2 Å². The Bertz CT molecular complexity index is 432. The highest BCUT2D eigenvalue weighted by atomic mass is 15.2. The van der Waals surface area contributed by atoms with E-state index in [-0.39, 0.29) is 11.6 Å². The van der Waals surface area contributed by atoms with Crippen LogP contribution in [0.15, 0.2) is 43.0 Å². The van der Waals surface area contributed by atoms with E-state index in [4.69, 9.17) is 5.73 Å². The fourth-order valence-corrected chi connectivity index (χ4v) is 4.06. The van der Waals surface area contributed by atoms with Gasteiger partial charge in [0.05, 0.1) is 0 Å². The van der Waals surface area contributed by atoms with E-state index in [1.165, 1.54) is 37.8 Å². The predicted molar refractivity (Wildman–Crippen MR) is 79.8 cm³/mol. The van der Waals surface area contributed by atoms with Crippen LogP contribution in [0, 0.1) is 5.92 Å². The first-order valence-corrected chi connectivity index (χ1v) is 7.43. The summed E-state index contributed by atoms with van der Waals surface area (Å²) in [5, 5.41) is 0. The van der Waals surface area contributed by atoms with E-state index >= 15 is 0 Å². The molecular formula is C17H24N2. The number of benzene rings is 1. The topological polar surface area (TPSA) is 29.3 Å². The number of hydrogen-bond acceptors (Lipinski definition) is 2. The van der Waals surface area contributed by atoms with Crippen LogP contribution >= 0.6 is 0 Å². The third kappa shape index (κ3) is 2.13. The van der Waals surface area contributed by atoms with E-state index in [1.54, 1.807) is 0 Å². The van der Waals surface area contributed by atoms with Crippen molar-refractivity contribution in [1.29, 1.82) is 0 Å². The van der Waals surface area contributed by atoms with E-state index in [0.29, 0.717) is 0 Å². The Kier molecular flexibility index (Phi) is 3.46. The summed E-state index contributed by atoms with van der Waals surface area (Å²) in [7, 11) is 0. The number of rotatable bonds is 4. The van der Waals surface area contributed by atoms with Crippen LogP contribution in [0.5, 0.6) is 0 Å². The van der Waals surface area contributed by atoms with Crippen LogP contribution in [0.2, 0.25) is 0 Å². The molecule has 1 unspecified atom stereocenters. The van der Waals surface area contributed by atoms with Crippen molar-refractivity contribution in [3.8, 4) is 0 Å². The Morgan fingerprint density at radius 3 is 2.63 bits per heavy atom. The fourth-order valence-electron chi connectivity index (χ4n) is 4.06. The van der Waals surface area contributed by atoms with Gasteiger partial charge in [-0.2, -0.15) is 0 Å². The van der Waals surface area contributed by atoms with Crippen LogP contribution in [0.3, 0.4) is 0 Å². The van der Waals surface area contributed by atoms with Gasteiger partial charge in [-0.3, -0.25) is 4.90 Å². The van der Waals surface area contributed by atoms with Gasteiger partial charge in [-0.25, -0.2) is 0 Å². The van der Waals surface area contributed by atoms with Crippen LogP contribution in [-0.4, -0.2) is 23.5 Å². The van der Waals surface area contributed by atoms with E-state index in [9.17, 15) is 0 Å². The molecule has 2 N–H and O–H groups in total. The molecule has 1 saturated carbocycles. The molecule has 2 heterocycles. The van der Waals surface area contributed by atoms with Crippen LogP contribution < -0.4 is 5.73 Å². The Morgan fingerprint density at radius 2 is 2.00 bits per heavy atom. The third-order valence-electron chi connectivity index (χ3n) is 5.17. The Hall–Kier alpha value is -1.12. The monoisotopic (exact) mass is 256 g/mol. The van der Waals surface area contributed by atoms with Gasteiger partial charge in [0.25, 0.3) is 0 Å². The third-order valence-corrected chi connectivity index (χ3v) is 5.17. The lowest BCUT2D eigenvalue weighted by Gasteiger charge is -2.57. The molecule has 2 saturated heterocycles. The van der Waals surface area contributed by atoms with E-state index < -0.39 is 0 Å². The molecule has 4 rings (SSSR count). The van der Waals surface area contributed by atoms with Gasteiger partial charge in [0.2, 0.25) is 0 Å². The number of nitrogens with zero attached hydrogens (tertiary/aromatic N) is 1. The molecule has 1 aromatic rings. The maximum Gasteiger partial charge on any atom is 0.0482 e. The summed E-state index contributed by atoms with van der Waals surface area (Å²) in [6.07, 6.45) is 7.19. The molecule has 0 aromatic heterocycles. The molecule has 2 heteroatoms. The zero-order valence-corrected chi connectivity index (χ0v) is 11.6. The normalized spacial score (nSPS) is 32.2. The number of nitrogens with two attached hydrogens (primary N) is 1. The van der Waals surface area contributed by atoms with Crippen molar-refractivity contribution in [3.05, 3.63) is 48.6 Å². The van der Waals surface area contributed by atoms with Crippen LogP contribution in [0.4, 0.5) is 0 Å². The smallest absolute Gasteiger partial charge is 0.0482 e. The molecular weight excluding hydrogens is 232 g/mol. The molecule has 102 valence electrons. The highest BCUT2D eigenvalue weighted by Gasteiger charge is 2.49. The minimum Gasteiger partial charge on any atom is -0.322 e. The first-order valence-electron chi connectivity index (χ1n) is 7.43. The van der Waals surface area contributed by atoms with Gasteiger partial charge in [0.1, 0.15) is 0 Å². The lowest BCUT2D eigenvalue weighted by Crippen LogP contribution is -2.62. The molecule has 0 spiro atoms. The predicted octanol–water partition coefficient (Wildman–Crippen LogP) is 3.12. The van der Waals surface area contributed by atoms with E-state index in [1.807, 2.05) is 6.08 Å². The van der Waals surface area contributed by atoms with Crippen molar-refractivity contribution >= 4 is 0 Å². The van der Waals surface area contributed by atoms with Crippen molar-refractivity contribution in [3.63, 3.8) is 0 Å². The number of fused-ring (bicyclic) bond motifs is 3. The minimum absolute atomic E-state index is 0.120. The SMILES string of the molecule is C=CCN1CC2CCC1(C(N)c1ccccc1)CC2. The summed E-state index contributed by atoms with van der Waals surface area (Å²) in [4.78, 5) is 2.59. The van der Waals surface area contributed by atoms with Gasteiger partial charge < -0.3 is 5.73 Å². The largest absolute Gasteiger partial charge is 0.322 e. The first-order chi connectivity index (χ1) is 9.26. The molecule has 0 amide bonds. The summed E-state index contributed by atoms with van der Waals surface area (Å²) >= 11 is 0. The Balaban J connectivity index is 1.92. The molecule has 1 aliphatic carbocycles. The average Bonchev–Trinajstić information content (AvgIpc) is 2.49. The van der Waals surface area contributed by atoms with Crippen LogP contribution in [0.25, 0.3) is 0 Å². The molecule has 1 aromatic carbocycles. The summed E-state index contributed by atoms with van der Waals surface area (Å²) in [5.74, 6) is 0.879. The number of piperidine rings is 2. The van der Waals surface area contributed by atoms with Crippen molar-refractivity contribution in [1.82, 2.24) is 4.90 Å². The Morgan fingerprint density at radius 1 is 1.32 bits per heavy atom. The van der Waals surface area contributed by atoms with Crippen molar-refractivity contribution in [2.75, 3.05) is 13.1 Å². The summed E-state index contributed by atoms with van der Waals surface area (Å²) < 4.78 is 0. The summed E-state index contributed by atoms with van der Waals surface area (Å²) in [6, 6.07) is 10.7. The average molecular weight is 256 g/mol. The molecule has 3 aliphatic rings. The number of hydrogen-bond donors (Lipinski definition) is 1. The van der Waals surface area contributed by atoms with Gasteiger partial charge in [-0.15, -0.1) is 6.58 Å². The minimum atomic E-state index is 0.120. The standard InChI is InChI=1S/C17H24N2/c1-2-12-19-13-14-8-10-17(19,11-9-14)16(18)15-6-4-3-5-7-15/h2-7,14,16H,1,8-13,18H2. The van der Waals surface area contributed by atoms with Crippen molar-refractivity contribution in [2.45, 2.75) is 37.3 Å². The second kappa shape index (κ2) is 5.10. The van der Waals surface area contributed by atoms with Gasteiger partial charge in [-0.1, -0.05) is 36.4 Å². The molecule has 2 aliphatic heterocycles. The first kappa shape index (κ1) is 12.9. The van der Waals surface area contributed by atoms with Crippen molar-refractivity contribution < 1.29 is 0 Å². The van der Waals surface area contributed by atoms with Crippen LogP contribution in [-0.2, 0) is 0 Å². The summed E-state index contributed by atoms with van der Waals surface area (Å²) in [5.41, 5.74) is 8.12.